The molecule has 7 heteroatoms. The predicted molar refractivity (Wildman–Crippen MR) is 87.0 cm³/mol. The minimum absolute atomic E-state index is 0.0481. The molecule has 0 radical (unpaired) electrons. The summed E-state index contributed by atoms with van der Waals surface area (Å²) in [5.41, 5.74) is 0.492. The molecule has 2 amide bonds. The van der Waals surface area contributed by atoms with Crippen molar-refractivity contribution in [1.82, 2.24) is 5.32 Å². The first kappa shape index (κ1) is 18.6. The van der Waals surface area contributed by atoms with Crippen molar-refractivity contribution in [2.75, 3.05) is 26.6 Å². The number of amides is 2. The molecule has 0 bridgehead atoms. The minimum atomic E-state index is -0.711. The molecular formula is C16H24N2O5. The summed E-state index contributed by atoms with van der Waals surface area (Å²) < 4.78 is 15.0. The van der Waals surface area contributed by atoms with Crippen molar-refractivity contribution >= 4 is 17.7 Å². The van der Waals surface area contributed by atoms with Crippen LogP contribution >= 0.6 is 0 Å². The van der Waals surface area contributed by atoms with E-state index in [1.165, 1.54) is 21.3 Å². The first-order valence-corrected chi connectivity index (χ1v) is 7.33. The van der Waals surface area contributed by atoms with E-state index in [4.69, 9.17) is 14.2 Å². The average Bonchev–Trinajstić information content (AvgIpc) is 2.57. The van der Waals surface area contributed by atoms with Crippen molar-refractivity contribution in [3.05, 3.63) is 18.2 Å². The van der Waals surface area contributed by atoms with Crippen molar-refractivity contribution in [1.29, 1.82) is 0 Å². The molecule has 0 heterocycles. The quantitative estimate of drug-likeness (QED) is 0.752. The SMILES string of the molecule is CCC(C)[C@H](NC(=O)Nc1cc(OC)cc(OC)c1)C(=O)OC. The average molecular weight is 324 g/mol. The standard InChI is InChI=1S/C16H24N2O5/c1-6-10(2)14(15(19)23-5)18-16(20)17-11-7-12(21-3)9-13(8-11)22-4/h7-10,14H,6H2,1-5H3,(H2,17,18,20)/t10?,14-/m0/s1. The molecule has 0 saturated carbocycles. The first-order chi connectivity index (χ1) is 10.9. The minimum Gasteiger partial charge on any atom is -0.497 e. The monoisotopic (exact) mass is 324 g/mol. The second-order valence-electron chi connectivity index (χ2n) is 5.09. The van der Waals surface area contributed by atoms with Gasteiger partial charge < -0.3 is 24.8 Å². The van der Waals surface area contributed by atoms with Gasteiger partial charge in [-0.3, -0.25) is 0 Å². The Hall–Kier alpha value is -2.44. The highest BCUT2D eigenvalue weighted by Gasteiger charge is 2.26. The molecule has 2 N–H and O–H groups in total. The van der Waals surface area contributed by atoms with Crippen molar-refractivity contribution in [2.45, 2.75) is 26.3 Å². The number of carbonyl (C=O) groups excluding carboxylic acids is 2. The topological polar surface area (TPSA) is 85.9 Å². The number of methoxy groups -OCH3 is 3. The zero-order chi connectivity index (χ0) is 17.4. The van der Waals surface area contributed by atoms with E-state index < -0.39 is 18.0 Å². The van der Waals surface area contributed by atoms with Crippen molar-refractivity contribution in [3.63, 3.8) is 0 Å². The van der Waals surface area contributed by atoms with Crippen LogP contribution in [0.2, 0.25) is 0 Å². The van der Waals surface area contributed by atoms with Gasteiger partial charge in [-0.15, -0.1) is 0 Å². The lowest BCUT2D eigenvalue weighted by Crippen LogP contribution is -2.47. The van der Waals surface area contributed by atoms with Crippen LogP contribution in [0.4, 0.5) is 10.5 Å². The van der Waals surface area contributed by atoms with Crippen molar-refractivity contribution in [2.24, 2.45) is 5.92 Å². The Morgan fingerprint density at radius 3 is 2.09 bits per heavy atom. The van der Waals surface area contributed by atoms with E-state index in [-0.39, 0.29) is 5.92 Å². The molecule has 128 valence electrons. The first-order valence-electron chi connectivity index (χ1n) is 7.33. The van der Waals surface area contributed by atoms with Gasteiger partial charge in [-0.2, -0.15) is 0 Å². The molecule has 1 aromatic carbocycles. The van der Waals surface area contributed by atoms with Gasteiger partial charge in [0.2, 0.25) is 0 Å². The van der Waals surface area contributed by atoms with Crippen LogP contribution in [0.1, 0.15) is 20.3 Å². The molecule has 0 fully saturated rings. The molecular weight excluding hydrogens is 300 g/mol. The van der Waals surface area contributed by atoms with Crippen LogP contribution in [-0.2, 0) is 9.53 Å². The number of esters is 1. The Labute approximate surface area is 136 Å². The number of benzene rings is 1. The van der Waals surface area contributed by atoms with Crippen LogP contribution in [0.15, 0.2) is 18.2 Å². The molecule has 7 nitrogen and oxygen atoms in total. The van der Waals surface area contributed by atoms with Gasteiger partial charge in [0.25, 0.3) is 0 Å². The zero-order valence-corrected chi connectivity index (χ0v) is 14.1. The molecule has 0 aromatic heterocycles. The van der Waals surface area contributed by atoms with E-state index in [2.05, 4.69) is 10.6 Å². The largest absolute Gasteiger partial charge is 0.497 e. The highest BCUT2D eigenvalue weighted by Crippen LogP contribution is 2.25. The summed E-state index contributed by atoms with van der Waals surface area (Å²) in [6, 6.07) is 3.78. The molecule has 0 aliphatic carbocycles. The van der Waals surface area contributed by atoms with Gasteiger partial charge in [0.1, 0.15) is 17.5 Å². The molecule has 0 aliphatic heterocycles. The summed E-state index contributed by atoms with van der Waals surface area (Å²) in [5, 5.41) is 5.30. The molecule has 2 atom stereocenters. The lowest BCUT2D eigenvalue weighted by molar-refractivity contribution is -0.144. The van der Waals surface area contributed by atoms with Crippen LogP contribution < -0.4 is 20.1 Å². The summed E-state index contributed by atoms with van der Waals surface area (Å²) in [6.07, 6.45) is 0.729. The molecule has 1 unspecified atom stereocenters. The number of carbonyl (C=O) groups is 2. The number of anilines is 1. The summed E-state index contributed by atoms with van der Waals surface area (Å²) in [7, 11) is 4.34. The molecule has 1 rings (SSSR count). The van der Waals surface area contributed by atoms with Gasteiger partial charge in [0.05, 0.1) is 21.3 Å². The number of nitrogens with one attached hydrogen (secondary N) is 2. The van der Waals surface area contributed by atoms with Gasteiger partial charge in [0, 0.05) is 23.9 Å². The molecule has 1 aromatic rings. The lowest BCUT2D eigenvalue weighted by Gasteiger charge is -2.22. The Bertz CT molecular complexity index is 525. The Balaban J connectivity index is 2.83. The molecule has 0 aliphatic rings. The maximum Gasteiger partial charge on any atom is 0.328 e. The second-order valence-corrected chi connectivity index (χ2v) is 5.09. The fourth-order valence-electron chi connectivity index (χ4n) is 1.98. The Morgan fingerprint density at radius 1 is 1.09 bits per heavy atom. The zero-order valence-electron chi connectivity index (χ0n) is 14.1. The normalized spacial score (nSPS) is 12.7. The van der Waals surface area contributed by atoms with Gasteiger partial charge in [-0.1, -0.05) is 20.3 Å². The fraction of sp³-hybridized carbons (Fsp3) is 0.500. The van der Waals surface area contributed by atoms with E-state index in [9.17, 15) is 9.59 Å². The molecule has 0 saturated heterocycles. The van der Waals surface area contributed by atoms with E-state index in [0.717, 1.165) is 6.42 Å². The van der Waals surface area contributed by atoms with Gasteiger partial charge in [-0.05, 0) is 5.92 Å². The van der Waals surface area contributed by atoms with Gasteiger partial charge >= 0.3 is 12.0 Å². The highest BCUT2D eigenvalue weighted by atomic mass is 16.5. The van der Waals surface area contributed by atoms with E-state index in [1.54, 1.807) is 18.2 Å². The van der Waals surface area contributed by atoms with Crippen LogP contribution in [0.5, 0.6) is 11.5 Å². The van der Waals surface area contributed by atoms with Crippen LogP contribution in [-0.4, -0.2) is 39.4 Å². The fourth-order valence-corrected chi connectivity index (χ4v) is 1.98. The van der Waals surface area contributed by atoms with E-state index >= 15 is 0 Å². The summed E-state index contributed by atoms with van der Waals surface area (Å²) in [5.74, 6) is 0.572. The van der Waals surface area contributed by atoms with Crippen molar-refractivity contribution < 1.29 is 23.8 Å². The van der Waals surface area contributed by atoms with Crippen LogP contribution in [0.3, 0.4) is 0 Å². The van der Waals surface area contributed by atoms with Gasteiger partial charge in [0.15, 0.2) is 0 Å². The highest BCUT2D eigenvalue weighted by molar-refractivity contribution is 5.93. The smallest absolute Gasteiger partial charge is 0.328 e. The number of ether oxygens (including phenoxy) is 3. The molecule has 0 spiro atoms. The number of hydrogen-bond donors (Lipinski definition) is 2. The summed E-state index contributed by atoms with van der Waals surface area (Å²) in [6.45, 7) is 3.81. The maximum atomic E-state index is 12.2. The number of hydrogen-bond acceptors (Lipinski definition) is 5. The predicted octanol–water partition coefficient (Wildman–Crippen LogP) is 2.41. The summed E-state index contributed by atoms with van der Waals surface area (Å²) in [4.78, 5) is 23.9. The Morgan fingerprint density at radius 2 is 1.65 bits per heavy atom. The third kappa shape index (κ3) is 5.36. The summed E-state index contributed by atoms with van der Waals surface area (Å²) >= 11 is 0. The maximum absolute atomic E-state index is 12.2. The number of urea groups is 1. The molecule has 23 heavy (non-hydrogen) atoms. The third-order valence-corrected chi connectivity index (χ3v) is 3.56. The van der Waals surface area contributed by atoms with Crippen LogP contribution in [0, 0.1) is 5.92 Å². The van der Waals surface area contributed by atoms with Gasteiger partial charge in [-0.25, -0.2) is 9.59 Å². The second kappa shape index (κ2) is 8.87. The Kier molecular flexibility index (Phi) is 7.18. The number of rotatable bonds is 7. The lowest BCUT2D eigenvalue weighted by atomic mass is 9.99. The van der Waals surface area contributed by atoms with E-state index in [1.807, 2.05) is 13.8 Å². The van der Waals surface area contributed by atoms with Crippen LogP contribution in [0.25, 0.3) is 0 Å². The van der Waals surface area contributed by atoms with E-state index in [0.29, 0.717) is 17.2 Å². The van der Waals surface area contributed by atoms with Crippen molar-refractivity contribution in [3.8, 4) is 11.5 Å². The third-order valence-electron chi connectivity index (χ3n) is 3.56.